The first-order valence-corrected chi connectivity index (χ1v) is 16.6. The molecule has 0 amide bonds. The van der Waals surface area contributed by atoms with E-state index in [0.717, 1.165) is 44.5 Å². The number of Topliss-reactive ketones (excluding diaryl/α,β-unsaturated/α-hetero) is 1. The highest BCUT2D eigenvalue weighted by atomic mass is 16.5. The van der Waals surface area contributed by atoms with Gasteiger partial charge in [-0.2, -0.15) is 0 Å². The number of ketones is 1. The van der Waals surface area contributed by atoms with Crippen LogP contribution in [0.3, 0.4) is 0 Å². The monoisotopic (exact) mass is 628 g/mol. The zero-order chi connectivity index (χ0) is 32.5. The molecule has 2 unspecified atom stereocenters. The van der Waals surface area contributed by atoms with Crippen molar-refractivity contribution in [3.05, 3.63) is 107 Å². The van der Waals surface area contributed by atoms with Crippen molar-refractivity contribution >= 4 is 11.8 Å². The quantitative estimate of drug-likeness (QED) is 0.179. The van der Waals surface area contributed by atoms with Crippen LogP contribution in [-0.4, -0.2) is 83.1 Å². The molecule has 0 aliphatic carbocycles. The second kappa shape index (κ2) is 15.9. The van der Waals surface area contributed by atoms with Crippen molar-refractivity contribution in [2.24, 2.45) is 0 Å². The molecule has 2 fully saturated rings. The van der Waals surface area contributed by atoms with E-state index < -0.39 is 17.9 Å². The van der Waals surface area contributed by atoms with E-state index in [0.29, 0.717) is 24.8 Å². The highest BCUT2D eigenvalue weighted by Gasteiger charge is 2.34. The highest BCUT2D eigenvalue weighted by Crippen LogP contribution is 2.30. The third-order valence-electron chi connectivity index (χ3n) is 9.42. The Morgan fingerprint density at radius 3 is 1.93 bits per heavy atom. The molecule has 3 aromatic carbocycles. The summed E-state index contributed by atoms with van der Waals surface area (Å²) in [6, 6.07) is 28.1. The fraction of sp³-hybridized carbons (Fsp3) is 0.474. The largest absolute Gasteiger partial charge is 0.464 e. The number of piperidine rings is 1. The van der Waals surface area contributed by atoms with Crippen molar-refractivity contribution in [2.45, 2.75) is 82.5 Å². The number of likely N-dealkylation sites (tertiary alicyclic amines) is 2. The maximum absolute atomic E-state index is 13.0. The molecular formula is C38H48N2O6. The standard InChI is InChI=1S/C38H48N2O6/c1-38(2,37(44)45-27-26-40-34(42)19-20-35(40)43)31-17-15-28(16-18-31)33(41)14-9-23-39-24-21-32(22-25-39)46-36(29-10-5-3-6-11-29)30-12-7-4-8-13-30/h3-8,10-13,15-18,32,34-36,42-43H,9,14,19-27H2,1-2H3. The number of carbonyl (C=O) groups excluding carboxylic acids is 2. The van der Waals surface area contributed by atoms with Crippen molar-refractivity contribution < 1.29 is 29.3 Å². The minimum absolute atomic E-state index is 0.0797. The Bertz CT molecular complexity index is 1340. The van der Waals surface area contributed by atoms with E-state index >= 15 is 0 Å². The normalized spacial score (nSPS) is 19.8. The smallest absolute Gasteiger partial charge is 0.316 e. The zero-order valence-corrected chi connectivity index (χ0v) is 27.1. The van der Waals surface area contributed by atoms with Crippen molar-refractivity contribution in [2.75, 3.05) is 32.8 Å². The Hall–Kier alpha value is -3.40. The summed E-state index contributed by atoms with van der Waals surface area (Å²) in [4.78, 5) is 29.8. The van der Waals surface area contributed by atoms with E-state index in [-0.39, 0.29) is 37.1 Å². The fourth-order valence-corrected chi connectivity index (χ4v) is 6.42. The van der Waals surface area contributed by atoms with Gasteiger partial charge in [-0.3, -0.25) is 9.59 Å². The summed E-state index contributed by atoms with van der Waals surface area (Å²) in [5, 5.41) is 19.9. The number of aliphatic hydroxyl groups is 2. The van der Waals surface area contributed by atoms with Gasteiger partial charge in [0.2, 0.25) is 0 Å². The van der Waals surface area contributed by atoms with E-state index in [9.17, 15) is 19.8 Å². The molecule has 0 bridgehead atoms. The molecule has 0 aromatic heterocycles. The van der Waals surface area contributed by atoms with Crippen LogP contribution in [0.2, 0.25) is 0 Å². The summed E-state index contributed by atoms with van der Waals surface area (Å²) in [7, 11) is 0. The number of carbonyl (C=O) groups is 2. The van der Waals surface area contributed by atoms with Crippen LogP contribution < -0.4 is 0 Å². The highest BCUT2D eigenvalue weighted by molar-refractivity contribution is 5.96. The number of esters is 1. The second-order valence-corrected chi connectivity index (χ2v) is 13.0. The molecule has 246 valence electrons. The van der Waals surface area contributed by atoms with Gasteiger partial charge in [0.25, 0.3) is 0 Å². The van der Waals surface area contributed by atoms with Crippen LogP contribution >= 0.6 is 0 Å². The van der Waals surface area contributed by atoms with Gasteiger partial charge < -0.3 is 24.6 Å². The summed E-state index contributed by atoms with van der Waals surface area (Å²) in [6.45, 7) is 6.73. The van der Waals surface area contributed by atoms with E-state index in [1.807, 2.05) is 24.3 Å². The molecule has 0 saturated carbocycles. The first-order valence-electron chi connectivity index (χ1n) is 16.6. The van der Waals surface area contributed by atoms with Crippen LogP contribution in [0.15, 0.2) is 84.9 Å². The van der Waals surface area contributed by atoms with Crippen LogP contribution in [0.25, 0.3) is 0 Å². The van der Waals surface area contributed by atoms with Crippen LogP contribution in [0.5, 0.6) is 0 Å². The molecule has 2 N–H and O–H groups in total. The molecule has 2 heterocycles. The molecule has 2 aliphatic rings. The van der Waals surface area contributed by atoms with Gasteiger partial charge >= 0.3 is 5.97 Å². The van der Waals surface area contributed by atoms with Gasteiger partial charge in [-0.1, -0.05) is 84.9 Å². The first kappa shape index (κ1) is 33.9. The number of aliphatic hydroxyl groups excluding tert-OH is 2. The lowest BCUT2D eigenvalue weighted by molar-refractivity contribution is -0.151. The topological polar surface area (TPSA) is 99.5 Å². The van der Waals surface area contributed by atoms with Gasteiger partial charge in [0.15, 0.2) is 5.78 Å². The summed E-state index contributed by atoms with van der Waals surface area (Å²) in [5.41, 5.74) is 2.85. The molecule has 8 heteroatoms. The fourth-order valence-electron chi connectivity index (χ4n) is 6.42. The summed E-state index contributed by atoms with van der Waals surface area (Å²) < 4.78 is 12.2. The molecule has 0 spiro atoms. The SMILES string of the molecule is CC(C)(C(=O)OCCN1C(O)CCC1O)c1ccc(C(=O)CCCN2CCC(OC(c3ccccc3)c3ccccc3)CC2)cc1. The number of nitrogens with zero attached hydrogens (tertiary/aromatic N) is 2. The van der Waals surface area contributed by atoms with Crippen molar-refractivity contribution in [3.63, 3.8) is 0 Å². The van der Waals surface area contributed by atoms with Gasteiger partial charge in [-0.25, -0.2) is 4.90 Å². The van der Waals surface area contributed by atoms with Gasteiger partial charge in [-0.15, -0.1) is 0 Å². The summed E-state index contributed by atoms with van der Waals surface area (Å²) in [5.74, 6) is -0.291. The number of rotatable bonds is 14. The number of ether oxygens (including phenoxy) is 2. The van der Waals surface area contributed by atoms with Crippen molar-refractivity contribution in [1.29, 1.82) is 0 Å². The second-order valence-electron chi connectivity index (χ2n) is 13.0. The number of benzene rings is 3. The van der Waals surface area contributed by atoms with Crippen LogP contribution in [0.1, 0.15) is 85.5 Å². The molecule has 8 nitrogen and oxygen atoms in total. The predicted molar refractivity (Wildman–Crippen MR) is 177 cm³/mol. The molecule has 5 rings (SSSR count). The Labute approximate surface area is 272 Å². The van der Waals surface area contributed by atoms with E-state index in [2.05, 4.69) is 53.4 Å². The molecule has 46 heavy (non-hydrogen) atoms. The lowest BCUT2D eigenvalue weighted by atomic mass is 9.84. The Kier molecular flexibility index (Phi) is 11.8. The van der Waals surface area contributed by atoms with E-state index in [1.54, 1.807) is 26.0 Å². The maximum atomic E-state index is 13.0. The molecular weight excluding hydrogens is 580 g/mol. The zero-order valence-electron chi connectivity index (χ0n) is 27.1. The molecule has 2 atom stereocenters. The summed E-state index contributed by atoms with van der Waals surface area (Å²) in [6.07, 6.45) is 2.89. The predicted octanol–water partition coefficient (Wildman–Crippen LogP) is 5.47. The molecule has 3 aromatic rings. The lowest BCUT2D eigenvalue weighted by Gasteiger charge is -2.34. The van der Waals surface area contributed by atoms with E-state index in [1.165, 1.54) is 16.0 Å². The third kappa shape index (κ3) is 8.69. The van der Waals surface area contributed by atoms with E-state index in [4.69, 9.17) is 9.47 Å². The van der Waals surface area contributed by atoms with Gasteiger partial charge in [0.05, 0.1) is 11.5 Å². The number of hydrogen-bond acceptors (Lipinski definition) is 8. The Morgan fingerprint density at radius 1 is 0.804 bits per heavy atom. The van der Waals surface area contributed by atoms with Gasteiger partial charge in [0.1, 0.15) is 25.2 Å². The third-order valence-corrected chi connectivity index (χ3v) is 9.42. The van der Waals surface area contributed by atoms with Crippen LogP contribution in [0.4, 0.5) is 0 Å². The average molecular weight is 629 g/mol. The first-order chi connectivity index (χ1) is 22.2. The maximum Gasteiger partial charge on any atom is 0.316 e. The lowest BCUT2D eigenvalue weighted by Crippen LogP contribution is -2.40. The van der Waals surface area contributed by atoms with Crippen LogP contribution in [0, 0.1) is 0 Å². The van der Waals surface area contributed by atoms with Gasteiger partial charge in [0, 0.05) is 31.6 Å². The number of hydrogen-bond donors (Lipinski definition) is 2. The molecule has 0 radical (unpaired) electrons. The Morgan fingerprint density at radius 2 is 1.37 bits per heavy atom. The van der Waals surface area contributed by atoms with Crippen molar-refractivity contribution in [3.8, 4) is 0 Å². The summed E-state index contributed by atoms with van der Waals surface area (Å²) >= 11 is 0. The average Bonchev–Trinajstić information content (AvgIpc) is 3.41. The molecule has 2 saturated heterocycles. The van der Waals surface area contributed by atoms with Crippen LogP contribution in [-0.2, 0) is 19.7 Å². The Balaban J connectivity index is 1.04. The van der Waals surface area contributed by atoms with Gasteiger partial charge in [-0.05, 0) is 69.2 Å². The minimum Gasteiger partial charge on any atom is -0.464 e. The minimum atomic E-state index is -0.901. The van der Waals surface area contributed by atoms with Crippen molar-refractivity contribution in [1.82, 2.24) is 9.80 Å². The molecule has 2 aliphatic heterocycles.